The fraction of sp³-hybridized carbons (Fsp3) is 0.235. The second-order valence-electron chi connectivity index (χ2n) is 5.75. The number of hydrogen-bond acceptors (Lipinski definition) is 5. The normalized spacial score (nSPS) is 14.1. The Hall–Kier alpha value is -2.93. The molecule has 0 aliphatic carbocycles. The molecular formula is C17H18N4O3. The van der Waals surface area contributed by atoms with Crippen LogP contribution < -0.4 is 5.32 Å². The van der Waals surface area contributed by atoms with Crippen LogP contribution in [0.4, 0.5) is 0 Å². The van der Waals surface area contributed by atoms with Crippen molar-refractivity contribution >= 4 is 23.1 Å². The lowest BCUT2D eigenvalue weighted by atomic mass is 10.00. The van der Waals surface area contributed by atoms with Crippen molar-refractivity contribution in [3.8, 4) is 0 Å². The van der Waals surface area contributed by atoms with Gasteiger partial charge in [-0.3, -0.25) is 9.48 Å². The van der Waals surface area contributed by atoms with Crippen LogP contribution in [-0.2, 0) is 17.4 Å². The molecule has 2 aromatic heterocycles. The van der Waals surface area contributed by atoms with Crippen LogP contribution >= 0.6 is 0 Å². The van der Waals surface area contributed by atoms with Crippen LogP contribution in [0.3, 0.4) is 0 Å². The summed E-state index contributed by atoms with van der Waals surface area (Å²) in [7, 11) is 1.77. The van der Waals surface area contributed by atoms with E-state index < -0.39 is 5.60 Å². The lowest BCUT2D eigenvalue weighted by Gasteiger charge is -2.21. The molecule has 1 atom stereocenters. The number of amides is 1. The monoisotopic (exact) mass is 326 g/mol. The Balaban J connectivity index is 1.60. The maximum Gasteiger partial charge on any atom is 0.244 e. The zero-order chi connectivity index (χ0) is 17.2. The first-order valence-electron chi connectivity index (χ1n) is 7.47. The molecule has 3 aromatic rings. The Morgan fingerprint density at radius 3 is 2.96 bits per heavy atom. The highest BCUT2D eigenvalue weighted by Crippen LogP contribution is 2.18. The van der Waals surface area contributed by atoms with E-state index in [1.54, 1.807) is 31.0 Å². The molecular weight excluding hydrogens is 308 g/mol. The summed E-state index contributed by atoms with van der Waals surface area (Å²) in [5, 5.41) is 17.1. The van der Waals surface area contributed by atoms with Crippen molar-refractivity contribution in [1.29, 1.82) is 0 Å². The zero-order valence-corrected chi connectivity index (χ0v) is 13.4. The highest BCUT2D eigenvalue weighted by Gasteiger charge is 2.25. The third kappa shape index (κ3) is 3.52. The third-order valence-electron chi connectivity index (χ3n) is 3.62. The van der Waals surface area contributed by atoms with Gasteiger partial charge in [-0.1, -0.05) is 12.1 Å². The number of aliphatic hydroxyl groups is 1. The van der Waals surface area contributed by atoms with E-state index in [4.69, 9.17) is 4.42 Å². The molecule has 124 valence electrons. The van der Waals surface area contributed by atoms with Crippen LogP contribution in [0.5, 0.6) is 0 Å². The quantitative estimate of drug-likeness (QED) is 0.695. The van der Waals surface area contributed by atoms with Crippen LogP contribution in [0.2, 0.25) is 0 Å². The molecule has 0 fully saturated rings. The van der Waals surface area contributed by atoms with Gasteiger partial charge in [-0.05, 0) is 19.1 Å². The molecule has 2 heterocycles. The van der Waals surface area contributed by atoms with Crippen LogP contribution in [0.15, 0.2) is 47.2 Å². The summed E-state index contributed by atoms with van der Waals surface area (Å²) in [6, 6.07) is 7.37. The number of hydrogen-bond donors (Lipinski definition) is 2. The molecule has 0 radical (unpaired) electrons. The van der Waals surface area contributed by atoms with E-state index in [1.807, 2.05) is 24.3 Å². The first kappa shape index (κ1) is 15.9. The Morgan fingerprint density at radius 2 is 2.25 bits per heavy atom. The predicted octanol–water partition coefficient (Wildman–Crippen LogP) is 1.60. The van der Waals surface area contributed by atoms with Gasteiger partial charge in [0.05, 0.1) is 12.7 Å². The van der Waals surface area contributed by atoms with Crippen molar-refractivity contribution in [3.63, 3.8) is 0 Å². The van der Waals surface area contributed by atoms with Gasteiger partial charge in [0.1, 0.15) is 11.1 Å². The molecule has 2 N–H and O–H groups in total. The van der Waals surface area contributed by atoms with Gasteiger partial charge in [0.25, 0.3) is 0 Å². The average Bonchev–Trinajstić information content (AvgIpc) is 3.17. The van der Waals surface area contributed by atoms with Crippen molar-refractivity contribution in [3.05, 3.63) is 54.2 Å². The molecule has 0 saturated carbocycles. The van der Waals surface area contributed by atoms with Crippen LogP contribution in [0.25, 0.3) is 17.2 Å². The van der Waals surface area contributed by atoms with Gasteiger partial charge < -0.3 is 14.8 Å². The van der Waals surface area contributed by atoms with Gasteiger partial charge in [0.15, 0.2) is 5.58 Å². The molecule has 0 spiro atoms. The van der Waals surface area contributed by atoms with Gasteiger partial charge in [-0.2, -0.15) is 5.10 Å². The topological polar surface area (TPSA) is 93.2 Å². The minimum Gasteiger partial charge on any atom is -0.437 e. The number of carbonyl (C=O) groups is 1. The standard InChI is InChI=1S/C17H18N4O3/c1-17(23,12-9-19-21(2)10-12)11-18-15(22)7-8-16-20-13-5-3-4-6-14(13)24-16/h3-10,23H,11H2,1-2H3,(H,18,22). The summed E-state index contributed by atoms with van der Waals surface area (Å²) in [6.45, 7) is 1.68. The highest BCUT2D eigenvalue weighted by molar-refractivity contribution is 5.91. The van der Waals surface area contributed by atoms with E-state index in [-0.39, 0.29) is 12.5 Å². The maximum absolute atomic E-state index is 11.9. The van der Waals surface area contributed by atoms with Crippen molar-refractivity contribution in [2.75, 3.05) is 6.54 Å². The van der Waals surface area contributed by atoms with Crippen molar-refractivity contribution in [2.24, 2.45) is 7.05 Å². The van der Waals surface area contributed by atoms with E-state index >= 15 is 0 Å². The number of para-hydroxylation sites is 2. The second-order valence-corrected chi connectivity index (χ2v) is 5.75. The zero-order valence-electron chi connectivity index (χ0n) is 13.4. The molecule has 0 saturated heterocycles. The lowest BCUT2D eigenvalue weighted by Crippen LogP contribution is -2.37. The van der Waals surface area contributed by atoms with Crippen molar-refractivity contribution in [1.82, 2.24) is 20.1 Å². The molecule has 0 bridgehead atoms. The smallest absolute Gasteiger partial charge is 0.244 e. The van der Waals surface area contributed by atoms with Crippen LogP contribution in [0.1, 0.15) is 18.4 Å². The number of aromatic nitrogens is 3. The summed E-state index contributed by atoms with van der Waals surface area (Å²) in [6.07, 6.45) is 6.10. The van der Waals surface area contributed by atoms with E-state index in [9.17, 15) is 9.90 Å². The molecule has 3 rings (SSSR count). The molecule has 24 heavy (non-hydrogen) atoms. The van der Waals surface area contributed by atoms with Gasteiger partial charge in [0.2, 0.25) is 11.8 Å². The summed E-state index contributed by atoms with van der Waals surface area (Å²) < 4.78 is 7.09. The van der Waals surface area contributed by atoms with Crippen molar-refractivity contribution in [2.45, 2.75) is 12.5 Å². The Morgan fingerprint density at radius 1 is 1.46 bits per heavy atom. The Labute approximate surface area is 138 Å². The summed E-state index contributed by atoms with van der Waals surface area (Å²) >= 11 is 0. The van der Waals surface area contributed by atoms with Gasteiger partial charge in [-0.15, -0.1) is 0 Å². The predicted molar refractivity (Wildman–Crippen MR) is 88.8 cm³/mol. The van der Waals surface area contributed by atoms with Gasteiger partial charge in [-0.25, -0.2) is 4.98 Å². The number of aryl methyl sites for hydroxylation is 1. The molecule has 1 unspecified atom stereocenters. The SMILES string of the molecule is Cn1cc(C(C)(O)CNC(=O)C=Cc2nc3ccccc3o2)cn1. The van der Waals surface area contributed by atoms with E-state index in [2.05, 4.69) is 15.4 Å². The minimum atomic E-state index is -1.20. The molecule has 1 aromatic carbocycles. The van der Waals surface area contributed by atoms with Crippen molar-refractivity contribution < 1.29 is 14.3 Å². The van der Waals surface area contributed by atoms with E-state index in [0.717, 1.165) is 5.52 Å². The molecule has 1 amide bonds. The van der Waals surface area contributed by atoms with Gasteiger partial charge >= 0.3 is 0 Å². The van der Waals surface area contributed by atoms with Crippen LogP contribution in [-0.4, -0.2) is 32.3 Å². The summed E-state index contributed by atoms with van der Waals surface area (Å²) in [5.41, 5.74) is 0.831. The first-order chi connectivity index (χ1) is 11.4. The van der Waals surface area contributed by atoms with Crippen LogP contribution in [0, 0.1) is 0 Å². The molecule has 0 aliphatic heterocycles. The lowest BCUT2D eigenvalue weighted by molar-refractivity contribution is -0.117. The minimum absolute atomic E-state index is 0.0649. The number of fused-ring (bicyclic) bond motifs is 1. The number of benzene rings is 1. The highest BCUT2D eigenvalue weighted by atomic mass is 16.3. The number of nitrogens with one attached hydrogen (secondary N) is 1. The number of rotatable bonds is 5. The fourth-order valence-corrected chi connectivity index (χ4v) is 2.23. The van der Waals surface area contributed by atoms with Gasteiger partial charge in [0, 0.05) is 31.0 Å². The van der Waals surface area contributed by atoms with E-state index in [1.165, 1.54) is 12.2 Å². The number of oxazole rings is 1. The summed E-state index contributed by atoms with van der Waals surface area (Å²) in [4.78, 5) is 16.2. The Bertz CT molecular complexity index is 859. The summed E-state index contributed by atoms with van der Waals surface area (Å²) in [5.74, 6) is 0.00629. The maximum atomic E-state index is 11.9. The average molecular weight is 326 g/mol. The largest absolute Gasteiger partial charge is 0.437 e. The first-order valence-corrected chi connectivity index (χ1v) is 7.47. The molecule has 0 aliphatic rings. The Kier molecular flexibility index (Phi) is 4.18. The second kappa shape index (κ2) is 6.29. The number of nitrogens with zero attached hydrogens (tertiary/aromatic N) is 3. The third-order valence-corrected chi connectivity index (χ3v) is 3.62. The number of carbonyl (C=O) groups excluding carboxylic acids is 1. The molecule has 7 nitrogen and oxygen atoms in total. The van der Waals surface area contributed by atoms with E-state index in [0.29, 0.717) is 17.0 Å². The fourth-order valence-electron chi connectivity index (χ4n) is 2.23. The molecule has 7 heteroatoms.